The van der Waals surface area contributed by atoms with Crippen molar-refractivity contribution < 1.29 is 28.1 Å². The first-order chi connectivity index (χ1) is 16.7. The summed E-state index contributed by atoms with van der Waals surface area (Å²) in [5.74, 6) is -0.151. The van der Waals surface area contributed by atoms with Crippen LogP contribution < -0.4 is 20.1 Å². The van der Waals surface area contributed by atoms with Crippen LogP contribution in [0.3, 0.4) is 0 Å². The van der Waals surface area contributed by atoms with E-state index in [2.05, 4.69) is 20.6 Å². The van der Waals surface area contributed by atoms with Gasteiger partial charge in [0.05, 0.1) is 55.8 Å². The van der Waals surface area contributed by atoms with Crippen LogP contribution in [0.4, 0.5) is 15.8 Å². The van der Waals surface area contributed by atoms with Crippen LogP contribution in [0.25, 0.3) is 11.3 Å². The van der Waals surface area contributed by atoms with Gasteiger partial charge in [0.2, 0.25) is 0 Å². The highest BCUT2D eigenvalue weighted by atomic mass is 19.1. The maximum absolute atomic E-state index is 14.4. The molecule has 2 aromatic heterocycles. The van der Waals surface area contributed by atoms with E-state index < -0.39 is 5.82 Å². The number of H-pyrrole nitrogens is 1. The van der Waals surface area contributed by atoms with Gasteiger partial charge in [0.25, 0.3) is 5.91 Å². The summed E-state index contributed by atoms with van der Waals surface area (Å²) in [6, 6.07) is 6.38. The Labute approximate surface area is 195 Å². The molecule has 10 heteroatoms. The minimum Gasteiger partial charge on any atom is -0.492 e. The Morgan fingerprint density at radius 2 is 2.21 bits per heavy atom. The minimum absolute atomic E-state index is 0.0558. The van der Waals surface area contributed by atoms with Gasteiger partial charge in [-0.3, -0.25) is 9.78 Å². The summed E-state index contributed by atoms with van der Waals surface area (Å²) in [5, 5.41) is 6.10. The molecule has 1 fully saturated rings. The second kappa shape index (κ2) is 9.70. The van der Waals surface area contributed by atoms with E-state index in [1.807, 2.05) is 0 Å². The zero-order valence-electron chi connectivity index (χ0n) is 18.7. The second-order valence-electron chi connectivity index (χ2n) is 7.93. The summed E-state index contributed by atoms with van der Waals surface area (Å²) >= 11 is 0. The Kier molecular flexibility index (Phi) is 6.33. The number of hydrogen-bond acceptors (Lipinski definition) is 7. The Hall–Kier alpha value is -3.63. The van der Waals surface area contributed by atoms with Crippen molar-refractivity contribution in [3.05, 3.63) is 53.7 Å². The number of aromatic amines is 1. The summed E-state index contributed by atoms with van der Waals surface area (Å²) in [5.41, 5.74) is 3.48. The van der Waals surface area contributed by atoms with E-state index in [1.165, 1.54) is 13.2 Å². The van der Waals surface area contributed by atoms with Gasteiger partial charge in [0, 0.05) is 30.4 Å². The first-order valence-corrected chi connectivity index (χ1v) is 11.0. The smallest absolute Gasteiger partial charge is 0.255 e. The van der Waals surface area contributed by atoms with Gasteiger partial charge >= 0.3 is 0 Å². The molecule has 0 bridgehead atoms. The molecule has 1 amide bonds. The van der Waals surface area contributed by atoms with Crippen LogP contribution in [0.1, 0.15) is 16.1 Å². The van der Waals surface area contributed by atoms with Crippen LogP contribution in [0.15, 0.2) is 36.7 Å². The molecule has 34 heavy (non-hydrogen) atoms. The summed E-state index contributed by atoms with van der Waals surface area (Å²) in [4.78, 5) is 20.4. The number of rotatable bonds is 7. The molecule has 2 aliphatic rings. The highest BCUT2D eigenvalue weighted by molar-refractivity contribution is 6.06. The molecule has 0 aliphatic carbocycles. The number of pyridine rings is 1. The topological polar surface area (TPSA) is 107 Å². The van der Waals surface area contributed by atoms with E-state index in [0.717, 1.165) is 5.69 Å². The highest BCUT2D eigenvalue weighted by Gasteiger charge is 2.29. The maximum Gasteiger partial charge on any atom is 0.255 e. The number of nitrogens with zero attached hydrogens (tertiary/aromatic N) is 1. The van der Waals surface area contributed by atoms with Gasteiger partial charge < -0.3 is 34.6 Å². The number of carbonyl (C=O) groups excluding carboxylic acids is 1. The lowest BCUT2D eigenvalue weighted by atomic mass is 10.0. The Morgan fingerprint density at radius 1 is 1.29 bits per heavy atom. The minimum atomic E-state index is -0.509. The molecule has 3 aromatic rings. The fourth-order valence-electron chi connectivity index (χ4n) is 4.17. The summed E-state index contributed by atoms with van der Waals surface area (Å²) in [6.07, 6.45) is 3.71. The number of para-hydroxylation sites is 1. The van der Waals surface area contributed by atoms with Gasteiger partial charge in [0.15, 0.2) is 11.6 Å². The molecule has 0 spiro atoms. The monoisotopic (exact) mass is 468 g/mol. The highest BCUT2D eigenvalue weighted by Crippen LogP contribution is 2.42. The predicted molar refractivity (Wildman–Crippen MR) is 122 cm³/mol. The molecule has 9 nitrogen and oxygen atoms in total. The van der Waals surface area contributed by atoms with E-state index in [9.17, 15) is 9.18 Å². The maximum atomic E-state index is 14.4. The first kappa shape index (κ1) is 22.2. The number of ether oxygens (including phenoxy) is 4. The Morgan fingerprint density at radius 3 is 3.03 bits per heavy atom. The average molecular weight is 468 g/mol. The number of amides is 1. The lowest BCUT2D eigenvalue weighted by molar-refractivity contribution is -0.101. The zero-order valence-corrected chi connectivity index (χ0v) is 18.7. The molecule has 178 valence electrons. The Balaban J connectivity index is 1.55. The number of benzene rings is 1. The number of aromatic nitrogens is 2. The van der Waals surface area contributed by atoms with Crippen molar-refractivity contribution in [1.29, 1.82) is 0 Å². The molecule has 5 rings (SSSR count). The second-order valence-corrected chi connectivity index (χ2v) is 7.93. The number of hydrogen-bond donors (Lipinski definition) is 3. The molecule has 3 N–H and O–H groups in total. The van der Waals surface area contributed by atoms with Gasteiger partial charge in [-0.1, -0.05) is 6.07 Å². The van der Waals surface area contributed by atoms with Crippen LogP contribution in [-0.4, -0.2) is 62.1 Å². The van der Waals surface area contributed by atoms with Crippen LogP contribution in [0, 0.1) is 5.82 Å². The molecule has 1 aromatic carbocycles. The van der Waals surface area contributed by atoms with Crippen molar-refractivity contribution in [1.82, 2.24) is 15.3 Å². The summed E-state index contributed by atoms with van der Waals surface area (Å²) in [6.45, 7) is 2.37. The average Bonchev–Trinajstić information content (AvgIpc) is 3.23. The molecular formula is C24H25FN4O5. The van der Waals surface area contributed by atoms with Crippen molar-refractivity contribution in [3.8, 4) is 22.8 Å². The summed E-state index contributed by atoms with van der Waals surface area (Å²) < 4.78 is 36.8. The lowest BCUT2D eigenvalue weighted by Gasteiger charge is -2.23. The van der Waals surface area contributed by atoms with E-state index in [-0.39, 0.29) is 17.8 Å². The largest absolute Gasteiger partial charge is 0.492 e. The van der Waals surface area contributed by atoms with Crippen molar-refractivity contribution >= 4 is 17.3 Å². The fraction of sp³-hybridized carbons (Fsp3) is 0.333. The number of anilines is 2. The molecule has 4 heterocycles. The number of fused-ring (bicyclic) bond motifs is 1. The first-order valence-electron chi connectivity index (χ1n) is 11.0. The molecule has 0 radical (unpaired) electrons. The number of halogens is 1. The standard InChI is InChI=1S/C24H25FN4O5/c1-31-23-16(25)3-2-4-18(23)29-22-20-17(6-8-27-24(20)30)28-21(22)15-5-7-26-11-19(15)34-13-14-12-32-9-10-33-14/h2-5,7,11,14,28-29H,6,8-10,12-13H2,1H3,(H,27,30)/t14-/m0/s1. The molecule has 0 unspecified atom stereocenters. The van der Waals surface area contributed by atoms with Gasteiger partial charge in [-0.25, -0.2) is 4.39 Å². The SMILES string of the molecule is COc1c(F)cccc1Nc1c(-c2ccncc2OC[C@@H]2COCCO2)[nH]c2c1C(=O)NCC2. The Bertz CT molecular complexity index is 1190. The van der Waals surface area contributed by atoms with Crippen molar-refractivity contribution in [2.75, 3.05) is 45.4 Å². The molecule has 1 atom stereocenters. The molecular weight excluding hydrogens is 443 g/mol. The van der Waals surface area contributed by atoms with Gasteiger partial charge in [-0.2, -0.15) is 0 Å². The zero-order chi connectivity index (χ0) is 23.5. The predicted octanol–water partition coefficient (Wildman–Crippen LogP) is 3.05. The van der Waals surface area contributed by atoms with Crippen molar-refractivity contribution in [2.45, 2.75) is 12.5 Å². The number of nitrogens with one attached hydrogen (secondary N) is 3. The van der Waals surface area contributed by atoms with E-state index >= 15 is 0 Å². The fourth-order valence-corrected chi connectivity index (χ4v) is 4.17. The van der Waals surface area contributed by atoms with Crippen LogP contribution >= 0.6 is 0 Å². The van der Waals surface area contributed by atoms with Gasteiger partial charge in [0.1, 0.15) is 18.5 Å². The van der Waals surface area contributed by atoms with E-state index in [4.69, 9.17) is 18.9 Å². The lowest BCUT2D eigenvalue weighted by Crippen LogP contribution is -2.33. The normalized spacial score (nSPS) is 17.6. The molecule has 0 saturated carbocycles. The third-order valence-corrected chi connectivity index (χ3v) is 5.76. The van der Waals surface area contributed by atoms with Crippen LogP contribution in [0.5, 0.6) is 11.5 Å². The number of methoxy groups -OCH3 is 1. The quantitative estimate of drug-likeness (QED) is 0.489. The van der Waals surface area contributed by atoms with Crippen molar-refractivity contribution in [3.63, 3.8) is 0 Å². The van der Waals surface area contributed by atoms with Crippen molar-refractivity contribution in [2.24, 2.45) is 0 Å². The third-order valence-electron chi connectivity index (χ3n) is 5.76. The summed E-state index contributed by atoms with van der Waals surface area (Å²) in [7, 11) is 1.40. The molecule has 2 aliphatic heterocycles. The van der Waals surface area contributed by atoms with Crippen LogP contribution in [0.2, 0.25) is 0 Å². The van der Waals surface area contributed by atoms with Gasteiger partial charge in [-0.05, 0) is 18.2 Å². The van der Waals surface area contributed by atoms with Gasteiger partial charge in [-0.15, -0.1) is 0 Å². The number of carbonyl (C=O) groups is 1. The van der Waals surface area contributed by atoms with Crippen LogP contribution in [-0.2, 0) is 15.9 Å². The third kappa shape index (κ3) is 4.29. The van der Waals surface area contributed by atoms with E-state index in [1.54, 1.807) is 30.6 Å². The van der Waals surface area contributed by atoms with E-state index in [0.29, 0.717) is 73.3 Å². The molecule has 1 saturated heterocycles.